The van der Waals surface area contributed by atoms with E-state index < -0.39 is 5.60 Å². The summed E-state index contributed by atoms with van der Waals surface area (Å²) < 4.78 is 5.50. The lowest BCUT2D eigenvalue weighted by molar-refractivity contribution is -0.0248. The molecular formula is C10H21NO2. The van der Waals surface area contributed by atoms with Crippen molar-refractivity contribution in [3.8, 4) is 0 Å². The highest BCUT2D eigenvalue weighted by molar-refractivity contribution is 4.93. The van der Waals surface area contributed by atoms with Gasteiger partial charge in [-0.25, -0.2) is 0 Å². The van der Waals surface area contributed by atoms with Gasteiger partial charge in [-0.3, -0.25) is 0 Å². The predicted molar refractivity (Wildman–Crippen MR) is 52.4 cm³/mol. The Labute approximate surface area is 80.3 Å². The molecule has 3 nitrogen and oxygen atoms in total. The highest BCUT2D eigenvalue weighted by Gasteiger charge is 2.42. The maximum absolute atomic E-state index is 10.2. The molecule has 3 unspecified atom stereocenters. The molecule has 3 heteroatoms. The second-order valence-corrected chi connectivity index (χ2v) is 3.99. The number of hydrogen-bond donors (Lipinski definition) is 2. The average Bonchev–Trinajstić information content (AvgIpc) is 2.50. The van der Waals surface area contributed by atoms with E-state index in [1.165, 1.54) is 0 Å². The molecule has 3 atom stereocenters. The highest BCUT2D eigenvalue weighted by Crippen LogP contribution is 2.33. The molecule has 1 fully saturated rings. The topological polar surface area (TPSA) is 55.5 Å². The summed E-state index contributed by atoms with van der Waals surface area (Å²) in [5.74, 6) is 0.184. The van der Waals surface area contributed by atoms with Gasteiger partial charge in [-0.1, -0.05) is 13.8 Å². The maximum atomic E-state index is 10.2. The van der Waals surface area contributed by atoms with Crippen molar-refractivity contribution in [2.24, 2.45) is 11.7 Å². The molecule has 1 heterocycles. The van der Waals surface area contributed by atoms with Gasteiger partial charge < -0.3 is 15.6 Å². The average molecular weight is 187 g/mol. The van der Waals surface area contributed by atoms with Crippen LogP contribution < -0.4 is 5.73 Å². The summed E-state index contributed by atoms with van der Waals surface area (Å²) in [6.45, 7) is 5.16. The molecular weight excluding hydrogens is 166 g/mol. The van der Waals surface area contributed by atoms with Gasteiger partial charge in [0.1, 0.15) is 0 Å². The van der Waals surface area contributed by atoms with Gasteiger partial charge in [0.05, 0.1) is 18.3 Å². The summed E-state index contributed by atoms with van der Waals surface area (Å²) in [6.07, 6.45) is 2.88. The zero-order valence-corrected chi connectivity index (χ0v) is 8.62. The summed E-state index contributed by atoms with van der Waals surface area (Å²) in [4.78, 5) is 0. The summed E-state index contributed by atoms with van der Waals surface area (Å²) in [5.41, 5.74) is 4.96. The molecule has 0 saturated carbocycles. The van der Waals surface area contributed by atoms with Crippen molar-refractivity contribution < 1.29 is 9.84 Å². The van der Waals surface area contributed by atoms with E-state index in [0.29, 0.717) is 13.2 Å². The molecule has 1 rings (SSSR count). The minimum atomic E-state index is -0.663. The standard InChI is InChI=1S/C10H21NO2/c1-3-8(6-11)10(12)5-9(4-2)13-7-10/h8-9,12H,3-7,11H2,1-2H3. The molecule has 0 amide bonds. The van der Waals surface area contributed by atoms with Crippen molar-refractivity contribution in [1.82, 2.24) is 0 Å². The molecule has 0 aromatic carbocycles. The van der Waals surface area contributed by atoms with E-state index >= 15 is 0 Å². The van der Waals surface area contributed by atoms with Crippen molar-refractivity contribution in [3.05, 3.63) is 0 Å². The van der Waals surface area contributed by atoms with Crippen LogP contribution in [0.15, 0.2) is 0 Å². The largest absolute Gasteiger partial charge is 0.387 e. The van der Waals surface area contributed by atoms with Crippen LogP contribution in [0.5, 0.6) is 0 Å². The van der Waals surface area contributed by atoms with Crippen molar-refractivity contribution in [1.29, 1.82) is 0 Å². The fraction of sp³-hybridized carbons (Fsp3) is 1.00. The Morgan fingerprint density at radius 2 is 2.31 bits per heavy atom. The Morgan fingerprint density at radius 3 is 2.69 bits per heavy atom. The van der Waals surface area contributed by atoms with Crippen LogP contribution in [0, 0.1) is 5.92 Å². The van der Waals surface area contributed by atoms with Gasteiger partial charge >= 0.3 is 0 Å². The number of rotatable bonds is 4. The Kier molecular flexibility index (Phi) is 3.71. The van der Waals surface area contributed by atoms with Crippen LogP contribution in [0.4, 0.5) is 0 Å². The van der Waals surface area contributed by atoms with E-state index in [9.17, 15) is 5.11 Å². The number of ether oxygens (including phenoxy) is 1. The fourth-order valence-electron chi connectivity index (χ4n) is 2.09. The second kappa shape index (κ2) is 4.40. The first-order chi connectivity index (χ1) is 6.16. The molecule has 0 aliphatic carbocycles. The molecule has 13 heavy (non-hydrogen) atoms. The summed E-state index contributed by atoms with van der Waals surface area (Å²) >= 11 is 0. The molecule has 0 spiro atoms. The third-order valence-corrected chi connectivity index (χ3v) is 3.14. The lowest BCUT2D eigenvalue weighted by atomic mass is 9.83. The van der Waals surface area contributed by atoms with Crippen LogP contribution >= 0.6 is 0 Å². The van der Waals surface area contributed by atoms with Crippen LogP contribution in [0.1, 0.15) is 33.1 Å². The Morgan fingerprint density at radius 1 is 1.62 bits per heavy atom. The Bertz CT molecular complexity index is 159. The molecule has 0 aromatic rings. The van der Waals surface area contributed by atoms with Crippen LogP contribution in [-0.4, -0.2) is 30.0 Å². The lowest BCUT2D eigenvalue weighted by Crippen LogP contribution is -2.42. The molecule has 78 valence electrons. The first-order valence-corrected chi connectivity index (χ1v) is 5.20. The van der Waals surface area contributed by atoms with E-state index in [1.54, 1.807) is 0 Å². The van der Waals surface area contributed by atoms with E-state index in [2.05, 4.69) is 13.8 Å². The summed E-state index contributed by atoms with van der Waals surface area (Å²) in [6, 6.07) is 0. The smallest absolute Gasteiger partial charge is 0.0944 e. The fourth-order valence-corrected chi connectivity index (χ4v) is 2.09. The summed E-state index contributed by atoms with van der Waals surface area (Å²) in [5, 5.41) is 10.2. The van der Waals surface area contributed by atoms with Gasteiger partial charge in [-0.2, -0.15) is 0 Å². The lowest BCUT2D eigenvalue weighted by Gasteiger charge is -2.29. The van der Waals surface area contributed by atoms with E-state index in [4.69, 9.17) is 10.5 Å². The molecule has 0 bridgehead atoms. The van der Waals surface area contributed by atoms with E-state index in [0.717, 1.165) is 19.3 Å². The number of aliphatic hydroxyl groups is 1. The third kappa shape index (κ3) is 2.22. The molecule has 1 saturated heterocycles. The zero-order valence-electron chi connectivity index (χ0n) is 8.62. The maximum Gasteiger partial charge on any atom is 0.0944 e. The molecule has 3 N–H and O–H groups in total. The highest BCUT2D eigenvalue weighted by atomic mass is 16.5. The molecule has 1 aliphatic rings. The van der Waals surface area contributed by atoms with E-state index in [1.807, 2.05) is 0 Å². The first-order valence-electron chi connectivity index (χ1n) is 5.20. The van der Waals surface area contributed by atoms with Crippen LogP contribution in [0.3, 0.4) is 0 Å². The first kappa shape index (κ1) is 11.0. The predicted octanol–water partition coefficient (Wildman–Crippen LogP) is 0.901. The van der Waals surface area contributed by atoms with E-state index in [-0.39, 0.29) is 12.0 Å². The Hall–Kier alpha value is -0.120. The van der Waals surface area contributed by atoms with Gasteiger partial charge in [-0.05, 0) is 19.4 Å². The van der Waals surface area contributed by atoms with Gasteiger partial charge in [-0.15, -0.1) is 0 Å². The minimum absolute atomic E-state index is 0.184. The third-order valence-electron chi connectivity index (χ3n) is 3.14. The van der Waals surface area contributed by atoms with Crippen molar-refractivity contribution in [2.75, 3.05) is 13.2 Å². The molecule has 0 aromatic heterocycles. The molecule has 1 aliphatic heterocycles. The SMILES string of the molecule is CCC1CC(O)(C(CC)CN)CO1. The van der Waals surface area contributed by atoms with Gasteiger partial charge in [0, 0.05) is 12.3 Å². The van der Waals surface area contributed by atoms with Gasteiger partial charge in [0.25, 0.3) is 0 Å². The Balaban J connectivity index is 2.56. The van der Waals surface area contributed by atoms with Crippen LogP contribution in [0.25, 0.3) is 0 Å². The quantitative estimate of drug-likeness (QED) is 0.687. The number of nitrogens with two attached hydrogens (primary N) is 1. The zero-order chi connectivity index (χ0) is 9.90. The summed E-state index contributed by atoms with van der Waals surface area (Å²) in [7, 11) is 0. The van der Waals surface area contributed by atoms with Crippen molar-refractivity contribution in [2.45, 2.75) is 44.8 Å². The molecule has 0 radical (unpaired) electrons. The normalized spacial score (nSPS) is 36.5. The van der Waals surface area contributed by atoms with Crippen molar-refractivity contribution >= 4 is 0 Å². The minimum Gasteiger partial charge on any atom is -0.387 e. The number of hydrogen-bond acceptors (Lipinski definition) is 3. The second-order valence-electron chi connectivity index (χ2n) is 3.99. The van der Waals surface area contributed by atoms with Gasteiger partial charge in [0.15, 0.2) is 0 Å². The van der Waals surface area contributed by atoms with Crippen molar-refractivity contribution in [3.63, 3.8) is 0 Å². The van der Waals surface area contributed by atoms with Crippen LogP contribution in [-0.2, 0) is 4.74 Å². The van der Waals surface area contributed by atoms with Crippen LogP contribution in [0.2, 0.25) is 0 Å². The van der Waals surface area contributed by atoms with Gasteiger partial charge in [0.2, 0.25) is 0 Å². The monoisotopic (exact) mass is 187 g/mol.